The van der Waals surface area contributed by atoms with Gasteiger partial charge in [-0.25, -0.2) is 0 Å². The number of nitro groups is 1. The van der Waals surface area contributed by atoms with Gasteiger partial charge in [-0.3, -0.25) is 10.1 Å². The van der Waals surface area contributed by atoms with Crippen molar-refractivity contribution in [1.82, 2.24) is 5.32 Å². The normalized spacial score (nSPS) is 12.3. The highest BCUT2D eigenvalue weighted by molar-refractivity contribution is 5.39. The van der Waals surface area contributed by atoms with Crippen LogP contribution in [0.15, 0.2) is 24.3 Å². The Labute approximate surface area is 112 Å². The van der Waals surface area contributed by atoms with Gasteiger partial charge in [-0.05, 0) is 13.0 Å². The van der Waals surface area contributed by atoms with Gasteiger partial charge in [0, 0.05) is 32.4 Å². The monoisotopic (exact) mass is 268 g/mol. The molecule has 0 radical (unpaired) electrons. The predicted octanol–water partition coefficient (Wildman–Crippen LogP) is 1.39. The summed E-state index contributed by atoms with van der Waals surface area (Å²) in [5, 5.41) is 14.1. The van der Waals surface area contributed by atoms with E-state index in [1.807, 2.05) is 6.07 Å². The van der Waals surface area contributed by atoms with Crippen LogP contribution in [0.4, 0.5) is 5.69 Å². The average Bonchev–Trinajstić information content (AvgIpc) is 2.42. The number of rotatable bonds is 9. The van der Waals surface area contributed by atoms with Crippen LogP contribution in [-0.2, 0) is 15.9 Å². The van der Waals surface area contributed by atoms with Crippen LogP contribution in [0.1, 0.15) is 5.56 Å². The second kappa shape index (κ2) is 8.58. The van der Waals surface area contributed by atoms with Crippen molar-refractivity contribution in [2.75, 3.05) is 33.9 Å². The van der Waals surface area contributed by atoms with Crippen molar-refractivity contribution in [2.24, 2.45) is 0 Å². The third-order valence-electron chi connectivity index (χ3n) is 2.82. The summed E-state index contributed by atoms with van der Waals surface area (Å²) >= 11 is 0. The Bertz CT molecular complexity index is 398. The standard InChI is InChI=1S/C13H20N2O4/c1-18-10-12(19-2)9-14-8-7-11-5-3-4-6-13(11)15(16)17/h3-6,12,14H,7-10H2,1-2H3. The number of benzene rings is 1. The number of para-hydroxylation sites is 1. The second-order valence-electron chi connectivity index (χ2n) is 4.15. The van der Waals surface area contributed by atoms with Crippen LogP contribution in [0.25, 0.3) is 0 Å². The Kier molecular flexibility index (Phi) is 7.02. The molecule has 1 N–H and O–H groups in total. The molecule has 0 fully saturated rings. The molecule has 0 aliphatic carbocycles. The molecule has 0 bridgehead atoms. The topological polar surface area (TPSA) is 73.6 Å². The summed E-state index contributed by atoms with van der Waals surface area (Å²) in [6, 6.07) is 6.79. The predicted molar refractivity (Wildman–Crippen MR) is 72.3 cm³/mol. The number of nitrogens with zero attached hydrogens (tertiary/aromatic N) is 1. The van der Waals surface area contributed by atoms with Gasteiger partial charge in [0.1, 0.15) is 0 Å². The molecule has 0 aliphatic heterocycles. The van der Waals surface area contributed by atoms with E-state index in [0.717, 1.165) is 5.56 Å². The van der Waals surface area contributed by atoms with Crippen LogP contribution in [0, 0.1) is 10.1 Å². The van der Waals surface area contributed by atoms with Crippen LogP contribution in [0.5, 0.6) is 0 Å². The third-order valence-corrected chi connectivity index (χ3v) is 2.82. The van der Waals surface area contributed by atoms with Gasteiger partial charge in [0.25, 0.3) is 5.69 Å². The molecule has 19 heavy (non-hydrogen) atoms. The van der Waals surface area contributed by atoms with E-state index in [1.54, 1.807) is 26.4 Å². The van der Waals surface area contributed by atoms with Crippen molar-refractivity contribution in [3.8, 4) is 0 Å². The van der Waals surface area contributed by atoms with Crippen molar-refractivity contribution in [2.45, 2.75) is 12.5 Å². The van der Waals surface area contributed by atoms with Gasteiger partial charge < -0.3 is 14.8 Å². The molecule has 1 aromatic carbocycles. The lowest BCUT2D eigenvalue weighted by molar-refractivity contribution is -0.385. The number of hydrogen-bond acceptors (Lipinski definition) is 5. The van der Waals surface area contributed by atoms with Gasteiger partial charge in [-0.15, -0.1) is 0 Å². The van der Waals surface area contributed by atoms with E-state index in [2.05, 4.69) is 5.32 Å². The first-order valence-corrected chi connectivity index (χ1v) is 6.13. The van der Waals surface area contributed by atoms with E-state index < -0.39 is 0 Å². The molecule has 0 spiro atoms. The van der Waals surface area contributed by atoms with Crippen molar-refractivity contribution < 1.29 is 14.4 Å². The molecule has 6 heteroatoms. The first-order chi connectivity index (χ1) is 9.19. The zero-order chi connectivity index (χ0) is 14.1. The molecule has 1 unspecified atom stereocenters. The SMILES string of the molecule is COCC(CNCCc1ccccc1[N+](=O)[O-])OC. The molecule has 0 amide bonds. The number of methoxy groups -OCH3 is 2. The Morgan fingerprint density at radius 3 is 2.74 bits per heavy atom. The fourth-order valence-corrected chi connectivity index (χ4v) is 1.78. The van der Waals surface area contributed by atoms with Crippen LogP contribution in [-0.4, -0.2) is 44.9 Å². The first-order valence-electron chi connectivity index (χ1n) is 6.13. The minimum absolute atomic E-state index is 0.00393. The highest BCUT2D eigenvalue weighted by Crippen LogP contribution is 2.17. The zero-order valence-corrected chi connectivity index (χ0v) is 11.3. The Morgan fingerprint density at radius 2 is 2.11 bits per heavy atom. The molecule has 0 saturated carbocycles. The molecule has 6 nitrogen and oxygen atoms in total. The highest BCUT2D eigenvalue weighted by atomic mass is 16.6. The largest absolute Gasteiger partial charge is 0.382 e. The van der Waals surface area contributed by atoms with E-state index in [4.69, 9.17) is 9.47 Å². The minimum atomic E-state index is -0.349. The van der Waals surface area contributed by atoms with Crippen molar-refractivity contribution in [3.05, 3.63) is 39.9 Å². The van der Waals surface area contributed by atoms with Crippen LogP contribution in [0.2, 0.25) is 0 Å². The fourth-order valence-electron chi connectivity index (χ4n) is 1.78. The summed E-state index contributed by atoms with van der Waals surface area (Å²) in [5.41, 5.74) is 0.908. The number of hydrogen-bond donors (Lipinski definition) is 1. The quantitative estimate of drug-likeness (QED) is 0.416. The summed E-state index contributed by atoms with van der Waals surface area (Å²) < 4.78 is 10.2. The van der Waals surface area contributed by atoms with Gasteiger partial charge in [-0.1, -0.05) is 18.2 Å². The smallest absolute Gasteiger partial charge is 0.272 e. The lowest BCUT2D eigenvalue weighted by Gasteiger charge is -2.14. The van der Waals surface area contributed by atoms with Crippen LogP contribution < -0.4 is 5.32 Å². The molecule has 0 aromatic heterocycles. The minimum Gasteiger partial charge on any atom is -0.382 e. The fraction of sp³-hybridized carbons (Fsp3) is 0.538. The summed E-state index contributed by atoms with van der Waals surface area (Å²) in [6.07, 6.45) is 0.608. The van der Waals surface area contributed by atoms with Crippen LogP contribution >= 0.6 is 0 Å². The maximum atomic E-state index is 10.8. The number of nitrogens with one attached hydrogen (secondary N) is 1. The molecule has 1 aromatic rings. The van der Waals surface area contributed by atoms with Gasteiger partial charge in [-0.2, -0.15) is 0 Å². The Morgan fingerprint density at radius 1 is 1.37 bits per heavy atom. The molecule has 1 rings (SSSR count). The zero-order valence-electron chi connectivity index (χ0n) is 11.3. The highest BCUT2D eigenvalue weighted by Gasteiger charge is 2.12. The van der Waals surface area contributed by atoms with E-state index in [9.17, 15) is 10.1 Å². The lowest BCUT2D eigenvalue weighted by atomic mass is 10.1. The van der Waals surface area contributed by atoms with E-state index in [0.29, 0.717) is 26.1 Å². The number of ether oxygens (including phenoxy) is 2. The van der Waals surface area contributed by atoms with Crippen molar-refractivity contribution >= 4 is 5.69 Å². The lowest BCUT2D eigenvalue weighted by Crippen LogP contribution is -2.32. The Balaban J connectivity index is 2.39. The van der Waals surface area contributed by atoms with E-state index >= 15 is 0 Å². The molecule has 0 saturated heterocycles. The first kappa shape index (κ1) is 15.6. The summed E-state index contributed by atoms with van der Waals surface area (Å²) in [6.45, 7) is 1.84. The number of nitro benzene ring substituents is 1. The van der Waals surface area contributed by atoms with Crippen molar-refractivity contribution in [1.29, 1.82) is 0 Å². The molecular formula is C13H20N2O4. The summed E-state index contributed by atoms with van der Waals surface area (Å²) in [4.78, 5) is 10.5. The maximum absolute atomic E-state index is 10.8. The summed E-state index contributed by atoms with van der Waals surface area (Å²) in [7, 11) is 3.26. The maximum Gasteiger partial charge on any atom is 0.272 e. The van der Waals surface area contributed by atoms with E-state index in [1.165, 1.54) is 6.07 Å². The molecular weight excluding hydrogens is 248 g/mol. The van der Waals surface area contributed by atoms with Crippen molar-refractivity contribution in [3.63, 3.8) is 0 Å². The summed E-state index contributed by atoms with van der Waals surface area (Å²) in [5.74, 6) is 0. The molecule has 0 heterocycles. The van der Waals surface area contributed by atoms with E-state index in [-0.39, 0.29) is 16.7 Å². The van der Waals surface area contributed by atoms with Gasteiger partial charge in [0.2, 0.25) is 0 Å². The Hall–Kier alpha value is -1.50. The molecule has 0 aliphatic rings. The van der Waals surface area contributed by atoms with Gasteiger partial charge in [0.05, 0.1) is 17.6 Å². The second-order valence-corrected chi connectivity index (χ2v) is 4.15. The molecule has 1 atom stereocenters. The van der Waals surface area contributed by atoms with Gasteiger partial charge in [0.15, 0.2) is 0 Å². The third kappa shape index (κ3) is 5.34. The average molecular weight is 268 g/mol. The molecule has 106 valence electrons. The van der Waals surface area contributed by atoms with Crippen LogP contribution in [0.3, 0.4) is 0 Å². The van der Waals surface area contributed by atoms with Gasteiger partial charge >= 0.3 is 0 Å².